The van der Waals surface area contributed by atoms with Crippen LogP contribution in [-0.4, -0.2) is 44.7 Å². The van der Waals surface area contributed by atoms with Crippen LogP contribution in [0.2, 0.25) is 0 Å². The second-order valence-corrected chi connectivity index (χ2v) is 7.76. The molecule has 0 bridgehead atoms. The lowest BCUT2D eigenvalue weighted by atomic mass is 10.1. The lowest BCUT2D eigenvalue weighted by Crippen LogP contribution is -2.39. The summed E-state index contributed by atoms with van der Waals surface area (Å²) in [6.07, 6.45) is 0. The lowest BCUT2D eigenvalue weighted by molar-refractivity contribution is -0.126. The molecule has 8 heteroatoms. The normalized spacial score (nSPS) is 15.3. The SMILES string of the molecule is C[C@H](Sc1nc2cc3ccccc3cc2c(=O)n1C)C(=O)N1CCNC1=O. The van der Waals surface area contributed by atoms with Crippen LogP contribution in [0.1, 0.15) is 6.92 Å². The zero-order valence-corrected chi connectivity index (χ0v) is 15.7. The zero-order valence-electron chi connectivity index (χ0n) is 14.9. The molecular formula is C19H18N4O3S. The Bertz CT molecular complexity index is 1140. The molecule has 2 aromatic carbocycles. The third-order valence-electron chi connectivity index (χ3n) is 4.65. The van der Waals surface area contributed by atoms with Crippen LogP contribution in [0, 0.1) is 0 Å². The minimum atomic E-state index is -0.537. The van der Waals surface area contributed by atoms with E-state index in [1.165, 1.54) is 21.2 Å². The van der Waals surface area contributed by atoms with Gasteiger partial charge in [0.2, 0.25) is 5.91 Å². The minimum Gasteiger partial charge on any atom is -0.336 e. The Morgan fingerprint density at radius 2 is 1.93 bits per heavy atom. The first-order valence-electron chi connectivity index (χ1n) is 8.61. The minimum absolute atomic E-state index is 0.160. The predicted octanol–water partition coefficient (Wildman–Crippen LogP) is 2.12. The second-order valence-electron chi connectivity index (χ2n) is 6.46. The average Bonchev–Trinajstić information content (AvgIpc) is 3.10. The number of aromatic nitrogens is 2. The number of hydrogen-bond donors (Lipinski definition) is 1. The molecule has 1 atom stereocenters. The van der Waals surface area contributed by atoms with Crippen molar-refractivity contribution in [1.29, 1.82) is 0 Å². The molecule has 0 aliphatic carbocycles. The van der Waals surface area contributed by atoms with Gasteiger partial charge in [0.05, 0.1) is 16.2 Å². The van der Waals surface area contributed by atoms with E-state index in [4.69, 9.17) is 0 Å². The second kappa shape index (κ2) is 6.70. The highest BCUT2D eigenvalue weighted by atomic mass is 32.2. The van der Waals surface area contributed by atoms with Crippen molar-refractivity contribution in [2.45, 2.75) is 17.3 Å². The molecule has 1 aliphatic heterocycles. The molecule has 1 aliphatic rings. The third kappa shape index (κ3) is 3.06. The quantitative estimate of drug-likeness (QED) is 0.426. The number of amides is 3. The highest BCUT2D eigenvalue weighted by Gasteiger charge is 2.30. The highest BCUT2D eigenvalue weighted by Crippen LogP contribution is 2.25. The number of fused-ring (bicyclic) bond motifs is 2. The number of urea groups is 1. The van der Waals surface area contributed by atoms with Crippen LogP contribution in [0.15, 0.2) is 46.3 Å². The number of nitrogens with one attached hydrogen (secondary N) is 1. The molecule has 1 saturated heterocycles. The molecule has 1 fully saturated rings. The van der Waals surface area contributed by atoms with Crippen molar-refractivity contribution in [3.8, 4) is 0 Å². The standard InChI is InChI=1S/C19H18N4O3S/c1-11(16(24)23-8-7-20-18(23)26)27-19-21-15-10-13-6-4-3-5-12(13)9-14(15)17(25)22(19)2/h3-6,9-11H,7-8H2,1-2H3,(H,20,26)/t11-/m0/s1. The number of benzene rings is 2. The van der Waals surface area contributed by atoms with Gasteiger partial charge in [-0.1, -0.05) is 36.0 Å². The summed E-state index contributed by atoms with van der Waals surface area (Å²) < 4.78 is 1.45. The van der Waals surface area contributed by atoms with Crippen molar-refractivity contribution >= 4 is 45.4 Å². The molecule has 7 nitrogen and oxygen atoms in total. The number of carbonyl (C=O) groups is 2. The van der Waals surface area contributed by atoms with Crippen molar-refractivity contribution in [1.82, 2.24) is 19.8 Å². The number of nitrogens with zero attached hydrogens (tertiary/aromatic N) is 3. The zero-order chi connectivity index (χ0) is 19.1. The molecule has 0 saturated carbocycles. The van der Waals surface area contributed by atoms with Crippen molar-refractivity contribution in [2.24, 2.45) is 7.05 Å². The van der Waals surface area contributed by atoms with Crippen LogP contribution in [-0.2, 0) is 11.8 Å². The highest BCUT2D eigenvalue weighted by molar-refractivity contribution is 8.00. The van der Waals surface area contributed by atoms with Gasteiger partial charge in [-0.3, -0.25) is 19.1 Å². The van der Waals surface area contributed by atoms with Crippen LogP contribution in [0.5, 0.6) is 0 Å². The summed E-state index contributed by atoms with van der Waals surface area (Å²) >= 11 is 1.18. The molecule has 0 unspecified atom stereocenters. The Labute approximate surface area is 159 Å². The van der Waals surface area contributed by atoms with Crippen LogP contribution in [0.4, 0.5) is 4.79 Å². The van der Waals surface area contributed by atoms with E-state index in [1.54, 1.807) is 14.0 Å². The molecule has 1 N–H and O–H groups in total. The molecular weight excluding hydrogens is 364 g/mol. The number of rotatable bonds is 3. The van der Waals surface area contributed by atoms with E-state index in [-0.39, 0.29) is 17.5 Å². The number of thioether (sulfide) groups is 1. The lowest BCUT2D eigenvalue weighted by Gasteiger charge is -2.18. The first kappa shape index (κ1) is 17.5. The van der Waals surface area contributed by atoms with Gasteiger partial charge in [0.1, 0.15) is 0 Å². The van der Waals surface area contributed by atoms with Crippen molar-refractivity contribution < 1.29 is 9.59 Å². The number of carbonyl (C=O) groups excluding carboxylic acids is 2. The van der Waals surface area contributed by atoms with Gasteiger partial charge in [0.15, 0.2) is 5.16 Å². The first-order valence-corrected chi connectivity index (χ1v) is 9.49. The smallest absolute Gasteiger partial charge is 0.324 e. The summed E-state index contributed by atoms with van der Waals surface area (Å²) in [7, 11) is 1.64. The Kier molecular flexibility index (Phi) is 4.35. The average molecular weight is 382 g/mol. The Balaban J connectivity index is 1.72. The summed E-state index contributed by atoms with van der Waals surface area (Å²) in [6.45, 7) is 2.54. The molecule has 2 heterocycles. The Morgan fingerprint density at radius 3 is 2.59 bits per heavy atom. The van der Waals surface area contributed by atoms with Crippen LogP contribution < -0.4 is 10.9 Å². The van der Waals surface area contributed by atoms with Gasteiger partial charge in [0.25, 0.3) is 5.56 Å². The van der Waals surface area contributed by atoms with Crippen molar-refractivity contribution in [3.05, 3.63) is 46.8 Å². The van der Waals surface area contributed by atoms with Gasteiger partial charge in [-0.15, -0.1) is 0 Å². The van der Waals surface area contributed by atoms with Gasteiger partial charge in [-0.25, -0.2) is 9.78 Å². The largest absolute Gasteiger partial charge is 0.336 e. The van der Waals surface area contributed by atoms with E-state index in [1.807, 2.05) is 36.4 Å². The van der Waals surface area contributed by atoms with Crippen LogP contribution in [0.25, 0.3) is 21.7 Å². The van der Waals surface area contributed by atoms with E-state index >= 15 is 0 Å². The summed E-state index contributed by atoms with van der Waals surface area (Å²) in [6, 6.07) is 11.1. The number of imide groups is 1. The molecule has 4 rings (SSSR count). The Morgan fingerprint density at radius 1 is 1.22 bits per heavy atom. The summed E-state index contributed by atoms with van der Waals surface area (Å²) in [5, 5.41) is 5.05. The maximum atomic E-state index is 12.8. The first-order chi connectivity index (χ1) is 13.0. The summed E-state index contributed by atoms with van der Waals surface area (Å²) in [4.78, 5) is 42.8. The summed E-state index contributed by atoms with van der Waals surface area (Å²) in [5.74, 6) is -0.289. The van der Waals surface area contributed by atoms with Crippen molar-refractivity contribution in [2.75, 3.05) is 13.1 Å². The molecule has 3 aromatic rings. The molecule has 3 amide bonds. The van der Waals surface area contributed by atoms with E-state index in [0.29, 0.717) is 29.1 Å². The monoisotopic (exact) mass is 382 g/mol. The van der Waals surface area contributed by atoms with E-state index in [0.717, 1.165) is 10.8 Å². The van der Waals surface area contributed by atoms with Crippen LogP contribution >= 0.6 is 11.8 Å². The van der Waals surface area contributed by atoms with Crippen LogP contribution in [0.3, 0.4) is 0 Å². The maximum Gasteiger partial charge on any atom is 0.324 e. The molecule has 0 spiro atoms. The third-order valence-corrected chi connectivity index (χ3v) is 5.79. The molecule has 0 radical (unpaired) electrons. The fourth-order valence-electron chi connectivity index (χ4n) is 3.15. The Hall–Kier alpha value is -2.87. The molecule has 138 valence electrons. The topological polar surface area (TPSA) is 84.3 Å². The van der Waals surface area contributed by atoms with Gasteiger partial charge in [-0.2, -0.15) is 0 Å². The summed E-state index contributed by atoms with van der Waals surface area (Å²) in [5.41, 5.74) is 0.435. The van der Waals surface area contributed by atoms with E-state index in [2.05, 4.69) is 10.3 Å². The fourth-order valence-corrected chi connectivity index (χ4v) is 4.09. The fraction of sp³-hybridized carbons (Fsp3) is 0.263. The number of hydrogen-bond acceptors (Lipinski definition) is 5. The van der Waals surface area contributed by atoms with Gasteiger partial charge in [-0.05, 0) is 29.8 Å². The van der Waals surface area contributed by atoms with Gasteiger partial charge < -0.3 is 5.32 Å². The van der Waals surface area contributed by atoms with E-state index < -0.39 is 5.25 Å². The molecule has 1 aromatic heterocycles. The molecule has 27 heavy (non-hydrogen) atoms. The predicted molar refractivity (Wildman–Crippen MR) is 105 cm³/mol. The van der Waals surface area contributed by atoms with E-state index in [9.17, 15) is 14.4 Å². The van der Waals surface area contributed by atoms with Gasteiger partial charge in [0, 0.05) is 20.1 Å². The van der Waals surface area contributed by atoms with Crippen molar-refractivity contribution in [3.63, 3.8) is 0 Å². The maximum absolute atomic E-state index is 12.8. The van der Waals surface area contributed by atoms with Gasteiger partial charge >= 0.3 is 6.03 Å².